The largest absolute Gasteiger partial charge is 0.507 e. The van der Waals surface area contributed by atoms with Crippen LogP contribution in [0.1, 0.15) is 139 Å². The molecule has 5 nitrogen and oxygen atoms in total. The number of phenols is 1. The second-order valence-corrected chi connectivity index (χ2v) is 16.1. The highest BCUT2D eigenvalue weighted by molar-refractivity contribution is 6.06. The van der Waals surface area contributed by atoms with Crippen molar-refractivity contribution in [3.8, 4) is 11.5 Å². The Morgan fingerprint density at radius 3 is 1.41 bits per heavy atom. The standard InChI is InChI=1S/C39H53NO4/c1-15-40(27-18-16-24(2)17-19-27)34(42)25-20-30(38(9,10)11)33(31(21-25)39(12,13)14)44-35(43)26-22-28(36(3,4)5)32(41)29(23-26)37(6,7)8/h16-23,41H,15H2,1-14H3. The fourth-order valence-electron chi connectivity index (χ4n) is 5.35. The van der Waals surface area contributed by atoms with Crippen molar-refractivity contribution < 1.29 is 19.4 Å². The second-order valence-electron chi connectivity index (χ2n) is 16.1. The van der Waals surface area contributed by atoms with E-state index < -0.39 is 27.6 Å². The van der Waals surface area contributed by atoms with E-state index in [4.69, 9.17) is 4.74 Å². The van der Waals surface area contributed by atoms with Crippen LogP contribution in [0.2, 0.25) is 0 Å². The van der Waals surface area contributed by atoms with Gasteiger partial charge in [0.2, 0.25) is 0 Å². The average molecular weight is 600 g/mol. The monoisotopic (exact) mass is 599 g/mol. The van der Waals surface area contributed by atoms with Crippen LogP contribution < -0.4 is 9.64 Å². The molecular weight excluding hydrogens is 546 g/mol. The number of hydrogen-bond acceptors (Lipinski definition) is 4. The molecule has 3 rings (SSSR count). The Morgan fingerprint density at radius 2 is 1.05 bits per heavy atom. The minimum Gasteiger partial charge on any atom is -0.507 e. The molecule has 44 heavy (non-hydrogen) atoms. The maximum atomic E-state index is 14.1. The second kappa shape index (κ2) is 12.1. The summed E-state index contributed by atoms with van der Waals surface area (Å²) in [4.78, 5) is 29.9. The van der Waals surface area contributed by atoms with Crippen molar-refractivity contribution in [2.45, 2.75) is 119 Å². The smallest absolute Gasteiger partial charge is 0.343 e. The number of phenolic OH excluding ortho intramolecular Hbond substituents is 1. The van der Waals surface area contributed by atoms with E-state index in [0.29, 0.717) is 34.5 Å². The molecule has 0 fully saturated rings. The van der Waals surface area contributed by atoms with Crippen molar-refractivity contribution in [3.63, 3.8) is 0 Å². The number of rotatable bonds is 5. The van der Waals surface area contributed by atoms with Gasteiger partial charge in [-0.15, -0.1) is 0 Å². The van der Waals surface area contributed by atoms with Gasteiger partial charge in [0.1, 0.15) is 11.5 Å². The highest BCUT2D eigenvalue weighted by Gasteiger charge is 2.33. The number of carbonyl (C=O) groups excluding carboxylic acids is 2. The van der Waals surface area contributed by atoms with Crippen LogP contribution in [0.4, 0.5) is 5.69 Å². The minimum atomic E-state index is -0.495. The average Bonchev–Trinajstić information content (AvgIpc) is 2.87. The van der Waals surface area contributed by atoms with Crippen LogP contribution in [0.15, 0.2) is 48.5 Å². The van der Waals surface area contributed by atoms with E-state index in [0.717, 1.165) is 22.4 Å². The van der Waals surface area contributed by atoms with E-state index in [-0.39, 0.29) is 11.7 Å². The fraction of sp³-hybridized carbons (Fsp3) is 0.487. The number of aromatic hydroxyl groups is 1. The van der Waals surface area contributed by atoms with Gasteiger partial charge in [0.25, 0.3) is 5.91 Å². The normalized spacial score (nSPS) is 12.7. The molecule has 3 aromatic carbocycles. The molecule has 0 radical (unpaired) electrons. The van der Waals surface area contributed by atoms with Gasteiger partial charge in [0.05, 0.1) is 5.56 Å². The molecule has 0 aliphatic heterocycles. The maximum absolute atomic E-state index is 14.1. The van der Waals surface area contributed by atoms with Gasteiger partial charge in [-0.05, 0) is 71.9 Å². The molecule has 5 heteroatoms. The topological polar surface area (TPSA) is 66.8 Å². The highest BCUT2D eigenvalue weighted by Crippen LogP contribution is 2.43. The van der Waals surface area contributed by atoms with Gasteiger partial charge in [-0.1, -0.05) is 101 Å². The summed E-state index contributed by atoms with van der Waals surface area (Å²) in [5, 5.41) is 11.2. The zero-order valence-corrected chi connectivity index (χ0v) is 29.4. The summed E-state index contributed by atoms with van der Waals surface area (Å²) in [5.41, 5.74) is 4.21. The zero-order chi connectivity index (χ0) is 33.6. The lowest BCUT2D eigenvalue weighted by Crippen LogP contribution is -2.32. The summed E-state index contributed by atoms with van der Waals surface area (Å²) < 4.78 is 6.36. The summed E-state index contributed by atoms with van der Waals surface area (Å²) in [6, 6.07) is 15.2. The number of nitrogens with zero attached hydrogens (tertiary/aromatic N) is 1. The Hall–Kier alpha value is -3.60. The van der Waals surface area contributed by atoms with Crippen LogP contribution in [-0.2, 0) is 21.7 Å². The molecule has 0 heterocycles. The summed E-state index contributed by atoms with van der Waals surface area (Å²) >= 11 is 0. The number of anilines is 1. The molecule has 0 saturated heterocycles. The van der Waals surface area contributed by atoms with Crippen molar-refractivity contribution in [3.05, 3.63) is 87.5 Å². The lowest BCUT2D eigenvalue weighted by atomic mass is 9.78. The molecule has 0 aromatic heterocycles. The van der Waals surface area contributed by atoms with Gasteiger partial charge in [0, 0.05) is 40.0 Å². The number of benzene rings is 3. The van der Waals surface area contributed by atoms with Crippen molar-refractivity contribution in [2.75, 3.05) is 11.4 Å². The van der Waals surface area contributed by atoms with Crippen LogP contribution in [0.3, 0.4) is 0 Å². The van der Waals surface area contributed by atoms with Crippen LogP contribution >= 0.6 is 0 Å². The quantitative estimate of drug-likeness (QED) is 0.234. The molecule has 0 spiro atoms. The van der Waals surface area contributed by atoms with E-state index in [1.54, 1.807) is 17.0 Å². The first-order valence-electron chi connectivity index (χ1n) is 15.6. The number of amides is 1. The van der Waals surface area contributed by atoms with Gasteiger partial charge < -0.3 is 14.7 Å². The number of esters is 1. The van der Waals surface area contributed by atoms with E-state index >= 15 is 0 Å². The van der Waals surface area contributed by atoms with Gasteiger partial charge in [-0.25, -0.2) is 4.79 Å². The first kappa shape index (κ1) is 34.9. The Balaban J connectivity index is 2.24. The molecular formula is C39H53NO4. The van der Waals surface area contributed by atoms with Crippen molar-refractivity contribution in [1.29, 1.82) is 0 Å². The number of hydrogen-bond donors (Lipinski definition) is 1. The van der Waals surface area contributed by atoms with E-state index in [2.05, 4.69) is 41.5 Å². The van der Waals surface area contributed by atoms with E-state index in [9.17, 15) is 14.7 Å². The third kappa shape index (κ3) is 7.54. The molecule has 0 aliphatic rings. The fourth-order valence-corrected chi connectivity index (χ4v) is 5.35. The molecule has 3 aromatic rings. The van der Waals surface area contributed by atoms with Crippen LogP contribution in [0, 0.1) is 6.92 Å². The molecule has 1 N–H and O–H groups in total. The third-order valence-electron chi connectivity index (χ3n) is 8.02. The zero-order valence-electron chi connectivity index (χ0n) is 29.4. The third-order valence-corrected chi connectivity index (χ3v) is 8.02. The molecule has 238 valence electrons. The molecule has 0 saturated carbocycles. The van der Waals surface area contributed by atoms with E-state index in [1.165, 1.54) is 0 Å². The Bertz CT molecular complexity index is 1470. The molecule has 0 atom stereocenters. The first-order valence-corrected chi connectivity index (χ1v) is 15.6. The van der Waals surface area contributed by atoms with Gasteiger partial charge in [-0.3, -0.25) is 4.79 Å². The maximum Gasteiger partial charge on any atom is 0.343 e. The summed E-state index contributed by atoms with van der Waals surface area (Å²) in [5.74, 6) is 0.0937. The lowest BCUT2D eigenvalue weighted by molar-refractivity contribution is 0.0728. The van der Waals surface area contributed by atoms with Crippen LogP contribution in [-0.4, -0.2) is 23.5 Å². The molecule has 1 amide bonds. The van der Waals surface area contributed by atoms with Crippen molar-refractivity contribution in [1.82, 2.24) is 0 Å². The number of aryl methyl sites for hydroxylation is 1. The van der Waals surface area contributed by atoms with Crippen LogP contribution in [0.25, 0.3) is 0 Å². The Labute approximate surface area is 265 Å². The van der Waals surface area contributed by atoms with Crippen LogP contribution in [0.5, 0.6) is 11.5 Å². The van der Waals surface area contributed by atoms with E-state index in [1.807, 2.05) is 91.8 Å². The van der Waals surface area contributed by atoms with Crippen molar-refractivity contribution >= 4 is 17.6 Å². The lowest BCUT2D eigenvalue weighted by Gasteiger charge is -2.31. The SMILES string of the molecule is CCN(C(=O)c1cc(C(C)(C)C)c(OC(=O)c2cc(C(C)(C)C)c(O)c(C(C)(C)C)c2)c(C(C)(C)C)c1)c1ccc(C)cc1. The summed E-state index contributed by atoms with van der Waals surface area (Å²) in [6.45, 7) is 29.0. The first-order chi connectivity index (χ1) is 20.0. The highest BCUT2D eigenvalue weighted by atomic mass is 16.5. The minimum absolute atomic E-state index is 0.103. The molecule has 0 aliphatic carbocycles. The summed E-state index contributed by atoms with van der Waals surface area (Å²) in [7, 11) is 0. The molecule has 0 bridgehead atoms. The molecule has 0 unspecified atom stereocenters. The van der Waals surface area contributed by atoms with Gasteiger partial charge >= 0.3 is 5.97 Å². The predicted octanol–water partition coefficient (Wildman–Crippen LogP) is 9.78. The Morgan fingerprint density at radius 1 is 0.659 bits per heavy atom. The Kier molecular flexibility index (Phi) is 9.56. The van der Waals surface area contributed by atoms with Gasteiger partial charge in [-0.2, -0.15) is 0 Å². The number of ether oxygens (including phenoxy) is 1. The predicted molar refractivity (Wildman–Crippen MR) is 183 cm³/mol. The summed E-state index contributed by atoms with van der Waals surface area (Å²) in [6.07, 6.45) is 0. The van der Waals surface area contributed by atoms with Gasteiger partial charge in [0.15, 0.2) is 0 Å². The van der Waals surface area contributed by atoms with Crippen molar-refractivity contribution in [2.24, 2.45) is 0 Å². The number of carbonyl (C=O) groups is 2.